The van der Waals surface area contributed by atoms with Crippen LogP contribution < -0.4 is 0 Å². The number of carbonyl (C=O) groups excluding carboxylic acids is 1. The highest BCUT2D eigenvalue weighted by atomic mass is 32.2. The topological polar surface area (TPSA) is 185 Å². The zero-order chi connectivity index (χ0) is 66.7. The minimum atomic E-state index is -5.62. The summed E-state index contributed by atoms with van der Waals surface area (Å²) in [6, 6.07) is 0. The summed E-state index contributed by atoms with van der Waals surface area (Å²) in [7, 11) is -11.2. The third kappa shape index (κ3) is 15.8. The van der Waals surface area contributed by atoms with Crippen LogP contribution >= 0.6 is 0 Å². The second-order valence-corrected chi connectivity index (χ2v) is 34.4. The van der Waals surface area contributed by atoms with Gasteiger partial charge in [0.05, 0.1) is 12.2 Å². The number of alkyl halides is 6. The van der Waals surface area contributed by atoms with Gasteiger partial charge in [0.1, 0.15) is 17.3 Å². The molecule has 0 aromatic rings. The van der Waals surface area contributed by atoms with Crippen molar-refractivity contribution < 1.29 is 76.8 Å². The number of allylic oxidation sites excluding steroid dienone is 4. The molecule has 7 unspecified atom stereocenters. The Morgan fingerprint density at radius 3 is 1.11 bits per heavy atom. The molecule has 10 rings (SSSR count). The van der Waals surface area contributed by atoms with Gasteiger partial charge in [-0.3, -0.25) is 4.79 Å². The number of carbonyl (C=O) groups is 1. The first kappa shape index (κ1) is 76.1. The molecule has 518 valence electrons. The molecule has 22 atom stereocenters. The monoisotopic (exact) mass is 1310 g/mol. The summed E-state index contributed by atoms with van der Waals surface area (Å²) in [5.74, 6) is 6.72. The maximum absolute atomic E-state index is 12.5. The summed E-state index contributed by atoms with van der Waals surface area (Å²) < 4.78 is 129. The number of hydrogen-bond donors (Lipinski definition) is 4. The van der Waals surface area contributed by atoms with Crippen molar-refractivity contribution in [2.24, 2.45) is 116 Å². The van der Waals surface area contributed by atoms with E-state index in [1.807, 2.05) is 13.8 Å². The summed E-state index contributed by atoms with van der Waals surface area (Å²) in [5.41, 5.74) is -10.2. The fraction of sp³-hybridized carbons (Fsp3) is 0.929. The van der Waals surface area contributed by atoms with Crippen LogP contribution in [0.25, 0.3) is 0 Å². The van der Waals surface area contributed by atoms with E-state index in [4.69, 9.17) is 0 Å². The molecule has 0 aromatic carbocycles. The van der Waals surface area contributed by atoms with Gasteiger partial charge in [0.2, 0.25) is 0 Å². The number of hydrogen-bond acceptors (Lipinski definition) is 11. The Morgan fingerprint density at radius 1 is 0.461 bits per heavy atom. The summed E-state index contributed by atoms with van der Waals surface area (Å²) in [6.45, 7) is 29.2. The average molecular weight is 1310 g/mol. The lowest BCUT2D eigenvalue weighted by Crippen LogP contribution is -2.41. The van der Waals surface area contributed by atoms with Crippen molar-refractivity contribution in [3.05, 3.63) is 23.7 Å². The normalized spacial score (nSPS) is 40.1. The Balaban J connectivity index is 0.000000179. The predicted molar refractivity (Wildman–Crippen MR) is 338 cm³/mol. The van der Waals surface area contributed by atoms with Gasteiger partial charge in [-0.1, -0.05) is 122 Å². The predicted octanol–water partition coefficient (Wildman–Crippen LogP) is 17.4. The van der Waals surface area contributed by atoms with Gasteiger partial charge in [0.15, 0.2) is 0 Å². The number of aliphatic hydroxyl groups is 4. The summed E-state index contributed by atoms with van der Waals surface area (Å²) in [5, 5.41) is 38.8. The highest BCUT2D eigenvalue weighted by molar-refractivity contribution is 7.88. The number of ketones is 1. The van der Waals surface area contributed by atoms with E-state index in [-0.39, 0.29) is 64.8 Å². The van der Waals surface area contributed by atoms with E-state index in [0.717, 1.165) is 94.3 Å². The molecule has 8 fully saturated rings. The number of rotatable bonds is 14. The lowest BCUT2D eigenvalue weighted by Gasteiger charge is -2.45. The van der Waals surface area contributed by atoms with E-state index < -0.39 is 31.3 Å². The molecule has 0 spiro atoms. The lowest BCUT2D eigenvalue weighted by atomic mass is 9.61. The summed E-state index contributed by atoms with van der Waals surface area (Å²) in [6.07, 6.45) is 29.8. The number of halogens is 6. The molecule has 4 N–H and O–H groups in total. The zero-order valence-corrected chi connectivity index (χ0v) is 58.1. The Hall–Kier alpha value is -1.93. The second-order valence-electron chi connectivity index (χ2n) is 31.3. The van der Waals surface area contributed by atoms with Crippen LogP contribution in [0.2, 0.25) is 0 Å². The maximum Gasteiger partial charge on any atom is 0.534 e. The van der Waals surface area contributed by atoms with E-state index in [1.165, 1.54) is 82.8 Å². The molecule has 89 heavy (non-hydrogen) atoms. The minimum Gasteiger partial charge on any atom is -0.396 e. The van der Waals surface area contributed by atoms with Crippen LogP contribution in [0.3, 0.4) is 0 Å². The van der Waals surface area contributed by atoms with Crippen LogP contribution in [-0.2, 0) is 33.4 Å². The Labute approximate surface area is 533 Å². The molecule has 8 saturated carbocycles. The van der Waals surface area contributed by atoms with Crippen molar-refractivity contribution in [1.29, 1.82) is 0 Å². The molecule has 0 heterocycles. The average Bonchev–Trinajstić information content (AvgIpc) is 1.89. The molecule has 0 saturated heterocycles. The molecule has 19 heteroatoms. The zero-order valence-electron chi connectivity index (χ0n) is 56.5. The van der Waals surface area contributed by atoms with Gasteiger partial charge in [-0.2, -0.15) is 43.2 Å². The Kier molecular flexibility index (Phi) is 25.7. The third-order valence-electron chi connectivity index (χ3n) is 26.7. The van der Waals surface area contributed by atoms with E-state index in [1.54, 1.807) is 0 Å². The van der Waals surface area contributed by atoms with Crippen LogP contribution in [0.5, 0.6) is 0 Å². The van der Waals surface area contributed by atoms with E-state index in [0.29, 0.717) is 95.7 Å². The first-order valence-corrected chi connectivity index (χ1v) is 37.7. The van der Waals surface area contributed by atoms with Crippen molar-refractivity contribution >= 4 is 26.0 Å². The number of aliphatic hydroxyl groups excluding tert-OH is 4. The number of fused-ring (bicyclic) bond motifs is 5. The van der Waals surface area contributed by atoms with Crippen molar-refractivity contribution in [3.63, 3.8) is 0 Å². The summed E-state index contributed by atoms with van der Waals surface area (Å²) >= 11 is 0. The number of Topliss-reactive ketones (excluding diaryl/α,β-unsaturated/α-hetero) is 1. The van der Waals surface area contributed by atoms with Crippen LogP contribution in [0.4, 0.5) is 26.3 Å². The smallest absolute Gasteiger partial charge is 0.396 e. The van der Waals surface area contributed by atoms with Crippen molar-refractivity contribution in [2.75, 3.05) is 13.2 Å². The first-order valence-electron chi connectivity index (χ1n) is 34.9. The van der Waals surface area contributed by atoms with Crippen molar-refractivity contribution in [2.45, 2.75) is 280 Å². The Morgan fingerprint density at radius 2 is 0.764 bits per heavy atom. The molecule has 0 aliphatic heterocycles. The van der Waals surface area contributed by atoms with Gasteiger partial charge >= 0.3 is 31.3 Å². The molecule has 10 aliphatic rings. The van der Waals surface area contributed by atoms with Gasteiger partial charge in [0.25, 0.3) is 0 Å². The first-order chi connectivity index (χ1) is 41.3. The van der Waals surface area contributed by atoms with Gasteiger partial charge in [-0.15, -0.1) is 0 Å². The van der Waals surface area contributed by atoms with Crippen LogP contribution in [-0.4, -0.2) is 79.5 Å². The molecule has 0 aromatic heterocycles. The molecule has 11 nitrogen and oxygen atoms in total. The van der Waals surface area contributed by atoms with Crippen LogP contribution in [0, 0.1) is 116 Å². The van der Waals surface area contributed by atoms with Gasteiger partial charge in [-0.25, -0.2) is 0 Å². The van der Waals surface area contributed by atoms with Crippen LogP contribution in [0.15, 0.2) is 23.7 Å². The van der Waals surface area contributed by atoms with E-state index in [2.05, 4.69) is 84.5 Å². The fourth-order valence-corrected chi connectivity index (χ4v) is 22.2. The SMILES string of the molecule is CC[C@@H](C)[C@H]1CCC2C(=O)CCC[C@@]21C.CC[C@@H](C)[C@H]1CCC2C(O)CCC[C@@]21C.CC[C@@H](C)[C@H]1CCC2C(OS(=O)(=O)C(F)(F)F)=CCC[C@@]21C.C[C@H](CO)[C@H]1CCC2C(O)CCC[C@@]21C.C[C@H](CO)[C@H]1CCC2C(OS(=O)(=O)C(F)(F)F)=CCC[C@@]21C. The highest BCUT2D eigenvalue weighted by Crippen LogP contribution is 2.63. The van der Waals surface area contributed by atoms with Crippen molar-refractivity contribution in [1.82, 2.24) is 0 Å². The minimum absolute atomic E-state index is 0.00203. The molecule has 0 amide bonds. The van der Waals surface area contributed by atoms with Gasteiger partial charge < -0.3 is 28.8 Å². The van der Waals surface area contributed by atoms with Crippen LogP contribution in [0.1, 0.15) is 257 Å². The molecule has 10 aliphatic carbocycles. The van der Waals surface area contributed by atoms with E-state index in [9.17, 15) is 68.4 Å². The lowest BCUT2D eigenvalue weighted by molar-refractivity contribution is -0.130. The molecule has 0 radical (unpaired) electrons. The van der Waals surface area contributed by atoms with E-state index >= 15 is 0 Å². The highest BCUT2D eigenvalue weighted by Gasteiger charge is 2.59. The maximum atomic E-state index is 12.5. The quantitative estimate of drug-likeness (QED) is 0.0737. The van der Waals surface area contributed by atoms with Gasteiger partial charge in [0, 0.05) is 37.4 Å². The molecule has 0 bridgehead atoms. The fourth-order valence-electron chi connectivity index (χ4n) is 21.2. The largest absolute Gasteiger partial charge is 0.534 e. The molecular formula is C70H118F6O11S2. The summed E-state index contributed by atoms with van der Waals surface area (Å²) in [4.78, 5) is 11.9. The standard InChI is InChI=1S/C15H23F3O3S.C14H21F3O4S.C14H26O.C14H24O.C13H24O2/c1-4-10(2)11-7-8-12-13(6-5-9-14(11,12)3)21-22(19,20)15(16,17)18;1-9(8-18)10-5-6-11-12(4-3-7-13(10,11)2)21-22(19,20)14(15,16)17;2*1-4-10(2)11-7-8-12-13(15)6-5-9-14(11,12)3;1-9(8-14)10-5-6-11-12(15)4-3-7-13(10,11)2/h6,10-12H,4-5,7-9H2,1-3H3;4,9-11,18H,3,5-8H2,1-2H3;10-13,15H,4-9H2,1-3H3;10-12H,4-9H2,1-3H3;9-12,14-15H,3-8H2,1-2H3/t10-,11-,12?,14-;9-,10-,11?,13-;10-,11-,12?,13?,14-;10-,11-,12?,14-;9-,10-,11?,12?,13-/m11111/s1. The third-order valence-corrected chi connectivity index (χ3v) is 28.7. The second kappa shape index (κ2) is 30.0. The Bertz CT molecular complexity index is 2460. The molecular weight excluding hydrogens is 1190 g/mol. The van der Waals surface area contributed by atoms with Crippen molar-refractivity contribution in [3.8, 4) is 0 Å². The van der Waals surface area contributed by atoms with Gasteiger partial charge in [-0.05, 0) is 239 Å².